The average Bonchev–Trinajstić information content (AvgIpc) is 3.09. The Labute approximate surface area is 293 Å². The van der Waals surface area contributed by atoms with Crippen LogP contribution in [0.5, 0.6) is 0 Å². The lowest BCUT2D eigenvalue weighted by molar-refractivity contribution is -0.161. The fourth-order valence-corrected chi connectivity index (χ4v) is 4.09. The van der Waals surface area contributed by atoms with Crippen LogP contribution >= 0.6 is 0 Å². The fraction of sp³-hybridized carbons (Fsp3) is 0.488. The maximum atomic E-state index is 12.1. The van der Waals surface area contributed by atoms with Crippen LogP contribution in [0.2, 0.25) is 0 Å². The fourth-order valence-electron chi connectivity index (χ4n) is 4.09. The number of carbonyl (C=O) groups excluding carboxylic acids is 2. The Kier molecular flexibility index (Phi) is 34.8. The number of allylic oxidation sites excluding steroid dienone is 20. The SMILES string of the molecule is CC/C=C\C/C=C\C/C=C\C/C=C\C/C=C\CCCC(=O)OCC(CO)OC(=O)CCC/C=C\C/C=C\C/C=C\C/C=C\C/C=C\CC. The molecule has 0 aromatic carbocycles. The summed E-state index contributed by atoms with van der Waals surface area (Å²) in [5.74, 6) is -0.744. The van der Waals surface area contributed by atoms with Crippen molar-refractivity contribution in [1.29, 1.82) is 0 Å². The third kappa shape index (κ3) is 35.2. The van der Waals surface area contributed by atoms with Crippen molar-refractivity contribution in [3.8, 4) is 0 Å². The summed E-state index contributed by atoms with van der Waals surface area (Å²) in [7, 11) is 0. The number of unbranched alkanes of at least 4 members (excludes halogenated alkanes) is 2. The van der Waals surface area contributed by atoms with E-state index in [4.69, 9.17) is 9.47 Å². The normalized spacial score (nSPS) is 13.6. The van der Waals surface area contributed by atoms with Crippen LogP contribution in [-0.4, -0.2) is 36.4 Å². The molecule has 0 aromatic heterocycles. The van der Waals surface area contributed by atoms with Gasteiger partial charge in [-0.15, -0.1) is 0 Å². The van der Waals surface area contributed by atoms with Crippen molar-refractivity contribution < 1.29 is 24.2 Å². The minimum absolute atomic E-state index is 0.127. The Morgan fingerprint density at radius 1 is 0.479 bits per heavy atom. The lowest BCUT2D eigenvalue weighted by Crippen LogP contribution is -2.28. The van der Waals surface area contributed by atoms with E-state index < -0.39 is 12.1 Å². The van der Waals surface area contributed by atoms with Crippen molar-refractivity contribution in [2.75, 3.05) is 13.2 Å². The highest BCUT2D eigenvalue weighted by atomic mass is 16.6. The molecule has 0 heterocycles. The maximum absolute atomic E-state index is 12.1. The zero-order chi connectivity index (χ0) is 35.0. The zero-order valence-electron chi connectivity index (χ0n) is 29.9. The second-order valence-electron chi connectivity index (χ2n) is 11.2. The van der Waals surface area contributed by atoms with Gasteiger partial charge in [0.25, 0.3) is 0 Å². The molecule has 0 amide bonds. The summed E-state index contributed by atoms with van der Waals surface area (Å²) < 4.78 is 10.5. The largest absolute Gasteiger partial charge is 0.462 e. The second-order valence-corrected chi connectivity index (χ2v) is 11.2. The molecule has 0 aliphatic rings. The van der Waals surface area contributed by atoms with Gasteiger partial charge in [0.1, 0.15) is 6.61 Å². The maximum Gasteiger partial charge on any atom is 0.306 e. The molecular formula is C43H64O5. The molecule has 0 aliphatic carbocycles. The Morgan fingerprint density at radius 2 is 0.792 bits per heavy atom. The third-order valence-electron chi connectivity index (χ3n) is 6.75. The van der Waals surface area contributed by atoms with E-state index in [0.717, 1.165) is 77.0 Å². The molecule has 1 N–H and O–H groups in total. The van der Waals surface area contributed by atoms with Crippen LogP contribution in [0, 0.1) is 0 Å². The lowest BCUT2D eigenvalue weighted by atomic mass is 10.2. The van der Waals surface area contributed by atoms with Crippen LogP contribution in [0.4, 0.5) is 0 Å². The summed E-state index contributed by atoms with van der Waals surface area (Å²) in [5, 5.41) is 9.52. The molecule has 0 saturated carbocycles. The van der Waals surface area contributed by atoms with Crippen LogP contribution in [0.3, 0.4) is 0 Å². The Hall–Kier alpha value is -3.70. The van der Waals surface area contributed by atoms with Crippen LogP contribution < -0.4 is 0 Å². The first-order chi connectivity index (χ1) is 23.6. The van der Waals surface area contributed by atoms with E-state index in [2.05, 4.69) is 135 Å². The first-order valence-corrected chi connectivity index (χ1v) is 18.1. The molecule has 0 fully saturated rings. The van der Waals surface area contributed by atoms with Crippen molar-refractivity contribution in [2.45, 2.75) is 123 Å². The summed E-state index contributed by atoms with van der Waals surface area (Å²) in [4.78, 5) is 24.2. The molecule has 48 heavy (non-hydrogen) atoms. The number of hydrogen-bond donors (Lipinski definition) is 1. The number of esters is 2. The van der Waals surface area contributed by atoms with Crippen LogP contribution in [-0.2, 0) is 19.1 Å². The van der Waals surface area contributed by atoms with E-state index in [1.165, 1.54) is 0 Å². The summed E-state index contributed by atoms with van der Waals surface area (Å²) in [6.07, 6.45) is 55.5. The molecular weight excluding hydrogens is 596 g/mol. The highest BCUT2D eigenvalue weighted by molar-refractivity contribution is 5.70. The number of ether oxygens (including phenoxy) is 2. The second kappa shape index (κ2) is 37.8. The summed E-state index contributed by atoms with van der Waals surface area (Å²) in [6.45, 7) is 3.77. The molecule has 5 nitrogen and oxygen atoms in total. The third-order valence-corrected chi connectivity index (χ3v) is 6.75. The molecule has 5 heteroatoms. The van der Waals surface area contributed by atoms with E-state index in [9.17, 15) is 14.7 Å². The van der Waals surface area contributed by atoms with E-state index in [-0.39, 0.29) is 32.0 Å². The average molecular weight is 661 g/mol. The predicted molar refractivity (Wildman–Crippen MR) is 205 cm³/mol. The molecule has 0 radical (unpaired) electrons. The van der Waals surface area contributed by atoms with Crippen molar-refractivity contribution in [3.63, 3.8) is 0 Å². The van der Waals surface area contributed by atoms with Gasteiger partial charge in [-0.25, -0.2) is 0 Å². The minimum atomic E-state index is -0.832. The topological polar surface area (TPSA) is 72.8 Å². The number of aliphatic hydroxyl groups excluding tert-OH is 1. The standard InChI is InChI=1S/C43H64O5/c1-3-5-7-9-11-13-15-17-19-21-23-25-27-29-31-33-35-37-42(45)47-40-41(39-44)48-43(46)38-36-34-32-30-28-26-24-22-20-18-16-14-12-10-8-6-4-2/h5-8,11-14,17-20,23-26,29-32,41,44H,3-4,9-10,15-16,21-22,27-28,33-40H2,1-2H3/b7-5-,8-6-,13-11-,14-12-,19-17-,20-18-,25-23-,26-24-,31-29-,32-30-. The molecule has 1 atom stereocenters. The number of rotatable bonds is 30. The quantitative estimate of drug-likeness (QED) is 0.0471. The van der Waals surface area contributed by atoms with Gasteiger partial charge in [-0.1, -0.05) is 135 Å². The zero-order valence-corrected chi connectivity index (χ0v) is 29.9. The summed E-state index contributed by atoms with van der Waals surface area (Å²) in [6, 6.07) is 0. The molecule has 0 rings (SSSR count). The Balaban J connectivity index is 3.83. The van der Waals surface area contributed by atoms with Crippen molar-refractivity contribution in [3.05, 3.63) is 122 Å². The van der Waals surface area contributed by atoms with Crippen LogP contribution in [0.15, 0.2) is 122 Å². The van der Waals surface area contributed by atoms with Gasteiger partial charge >= 0.3 is 11.9 Å². The molecule has 0 spiro atoms. The number of carbonyl (C=O) groups is 2. The summed E-state index contributed by atoms with van der Waals surface area (Å²) in [5.41, 5.74) is 0. The Morgan fingerprint density at radius 3 is 1.12 bits per heavy atom. The lowest BCUT2D eigenvalue weighted by Gasteiger charge is -2.15. The van der Waals surface area contributed by atoms with Gasteiger partial charge in [0, 0.05) is 12.8 Å². The predicted octanol–water partition coefficient (Wildman–Crippen LogP) is 11.3. The number of aliphatic hydroxyl groups is 1. The summed E-state index contributed by atoms with van der Waals surface area (Å²) >= 11 is 0. The Bertz CT molecular complexity index is 1060. The van der Waals surface area contributed by atoms with E-state index in [1.54, 1.807) is 0 Å². The van der Waals surface area contributed by atoms with Crippen molar-refractivity contribution in [2.24, 2.45) is 0 Å². The van der Waals surface area contributed by atoms with Gasteiger partial charge in [0.2, 0.25) is 0 Å². The highest BCUT2D eigenvalue weighted by Crippen LogP contribution is 2.06. The first-order valence-electron chi connectivity index (χ1n) is 18.1. The van der Waals surface area contributed by atoms with Gasteiger partial charge < -0.3 is 14.6 Å². The van der Waals surface area contributed by atoms with Crippen molar-refractivity contribution >= 4 is 11.9 Å². The number of hydrogen-bond acceptors (Lipinski definition) is 5. The molecule has 0 saturated heterocycles. The van der Waals surface area contributed by atoms with E-state index in [1.807, 2.05) is 0 Å². The first kappa shape index (κ1) is 44.3. The van der Waals surface area contributed by atoms with Gasteiger partial charge in [-0.05, 0) is 89.9 Å². The molecule has 266 valence electrons. The van der Waals surface area contributed by atoms with Crippen LogP contribution in [0.25, 0.3) is 0 Å². The minimum Gasteiger partial charge on any atom is -0.462 e. The molecule has 0 aromatic rings. The van der Waals surface area contributed by atoms with Gasteiger partial charge in [-0.2, -0.15) is 0 Å². The van der Waals surface area contributed by atoms with E-state index >= 15 is 0 Å². The monoisotopic (exact) mass is 660 g/mol. The van der Waals surface area contributed by atoms with Crippen molar-refractivity contribution in [1.82, 2.24) is 0 Å². The van der Waals surface area contributed by atoms with Gasteiger partial charge in [0.15, 0.2) is 6.10 Å². The highest BCUT2D eigenvalue weighted by Gasteiger charge is 2.15. The molecule has 0 aliphatic heterocycles. The van der Waals surface area contributed by atoms with Gasteiger partial charge in [0.05, 0.1) is 6.61 Å². The van der Waals surface area contributed by atoms with Crippen LogP contribution in [0.1, 0.15) is 117 Å². The molecule has 1 unspecified atom stereocenters. The van der Waals surface area contributed by atoms with Gasteiger partial charge in [-0.3, -0.25) is 9.59 Å². The van der Waals surface area contributed by atoms with E-state index in [0.29, 0.717) is 12.8 Å². The molecule has 0 bridgehead atoms. The smallest absolute Gasteiger partial charge is 0.306 e.